The van der Waals surface area contributed by atoms with E-state index >= 15 is 0 Å². The van der Waals surface area contributed by atoms with Gasteiger partial charge in [-0.25, -0.2) is 4.39 Å². The molecular weight excluding hydrogens is 574 g/mol. The van der Waals surface area contributed by atoms with Gasteiger partial charge in [0.15, 0.2) is 5.78 Å². The Morgan fingerprint density at radius 1 is 0.955 bits per heavy atom. The van der Waals surface area contributed by atoms with Crippen LogP contribution < -0.4 is 10.1 Å². The zero-order chi connectivity index (χ0) is 31.3. The Balaban J connectivity index is 1.17. The molecule has 10 heteroatoms. The van der Waals surface area contributed by atoms with Gasteiger partial charge in [-0.15, -0.1) is 0 Å². The van der Waals surface area contributed by atoms with Crippen molar-refractivity contribution in [2.75, 3.05) is 6.54 Å². The SMILES string of the molecule is Cc1c(C(=O)NCC(F)(F)F)ccc2nn(CC3CCCCC(C(=O)c4ccc(Oc5cccc(F)c5)cc4)CCC3)cc12. The van der Waals surface area contributed by atoms with Crippen LogP contribution in [0.25, 0.3) is 10.9 Å². The van der Waals surface area contributed by atoms with Gasteiger partial charge in [0.2, 0.25) is 0 Å². The van der Waals surface area contributed by atoms with E-state index in [2.05, 4.69) is 5.10 Å². The van der Waals surface area contributed by atoms with Crippen molar-refractivity contribution in [1.82, 2.24) is 15.1 Å². The third kappa shape index (κ3) is 8.03. The zero-order valence-electron chi connectivity index (χ0n) is 24.5. The topological polar surface area (TPSA) is 73.2 Å². The predicted molar refractivity (Wildman–Crippen MR) is 159 cm³/mol. The normalized spacial score (nSPS) is 17.8. The number of fused-ring (bicyclic) bond motifs is 1. The molecular formula is C34H35F4N3O3. The number of benzene rings is 3. The highest BCUT2D eigenvalue weighted by Crippen LogP contribution is 2.30. The molecule has 1 aliphatic rings. The minimum Gasteiger partial charge on any atom is -0.457 e. The van der Waals surface area contributed by atoms with Crippen molar-refractivity contribution in [3.63, 3.8) is 0 Å². The summed E-state index contributed by atoms with van der Waals surface area (Å²) in [5.41, 5.74) is 2.13. The number of halogens is 4. The number of aromatic nitrogens is 2. The summed E-state index contributed by atoms with van der Waals surface area (Å²) >= 11 is 0. The fraction of sp³-hybridized carbons (Fsp3) is 0.382. The molecule has 1 amide bonds. The van der Waals surface area contributed by atoms with Crippen molar-refractivity contribution in [3.8, 4) is 11.5 Å². The number of carbonyl (C=O) groups excluding carboxylic acids is 2. The third-order valence-corrected chi connectivity index (χ3v) is 8.27. The van der Waals surface area contributed by atoms with Crippen molar-refractivity contribution in [2.24, 2.45) is 11.8 Å². The Hall–Kier alpha value is -4.21. The third-order valence-electron chi connectivity index (χ3n) is 8.27. The van der Waals surface area contributed by atoms with Crippen LogP contribution >= 0.6 is 0 Å². The van der Waals surface area contributed by atoms with E-state index in [1.165, 1.54) is 18.2 Å². The van der Waals surface area contributed by atoms with Gasteiger partial charge in [0.25, 0.3) is 5.91 Å². The molecule has 2 unspecified atom stereocenters. The van der Waals surface area contributed by atoms with Crippen LogP contribution in [-0.4, -0.2) is 34.2 Å². The first kappa shape index (κ1) is 31.2. The number of alkyl halides is 3. The molecule has 1 N–H and O–H groups in total. The van der Waals surface area contributed by atoms with Crippen molar-refractivity contribution < 1.29 is 31.9 Å². The summed E-state index contributed by atoms with van der Waals surface area (Å²) in [6.07, 6.45) is 3.83. The van der Waals surface area contributed by atoms with Gasteiger partial charge < -0.3 is 10.1 Å². The number of rotatable bonds is 8. The van der Waals surface area contributed by atoms with Crippen molar-refractivity contribution in [2.45, 2.75) is 64.6 Å². The summed E-state index contributed by atoms with van der Waals surface area (Å²) in [5.74, 6) is 0.230. The summed E-state index contributed by atoms with van der Waals surface area (Å²) in [5, 5.41) is 7.35. The molecule has 0 saturated heterocycles. The smallest absolute Gasteiger partial charge is 0.405 e. The van der Waals surface area contributed by atoms with Crippen molar-refractivity contribution >= 4 is 22.6 Å². The number of hydrogen-bond acceptors (Lipinski definition) is 4. The molecule has 1 aromatic heterocycles. The molecule has 4 aromatic rings. The number of ketones is 1. The monoisotopic (exact) mass is 609 g/mol. The molecule has 0 radical (unpaired) electrons. The second-order valence-corrected chi connectivity index (χ2v) is 11.5. The minimum absolute atomic E-state index is 0.0550. The molecule has 1 saturated carbocycles. The highest BCUT2D eigenvalue weighted by molar-refractivity contribution is 6.00. The minimum atomic E-state index is -4.48. The van der Waals surface area contributed by atoms with Gasteiger partial charge >= 0.3 is 6.18 Å². The Kier molecular flexibility index (Phi) is 9.66. The molecule has 5 rings (SSSR count). The van der Waals surface area contributed by atoms with E-state index < -0.39 is 18.6 Å². The first-order valence-corrected chi connectivity index (χ1v) is 14.9. The van der Waals surface area contributed by atoms with E-state index in [1.807, 2.05) is 16.2 Å². The molecule has 44 heavy (non-hydrogen) atoms. The van der Waals surface area contributed by atoms with Crippen LogP contribution in [0.2, 0.25) is 0 Å². The largest absolute Gasteiger partial charge is 0.457 e. The maximum atomic E-state index is 13.4. The first-order valence-electron chi connectivity index (χ1n) is 14.9. The highest BCUT2D eigenvalue weighted by atomic mass is 19.4. The lowest BCUT2D eigenvalue weighted by Crippen LogP contribution is -2.34. The number of ether oxygens (including phenoxy) is 1. The fourth-order valence-corrected chi connectivity index (χ4v) is 5.96. The lowest BCUT2D eigenvalue weighted by atomic mass is 9.89. The van der Waals surface area contributed by atoms with Crippen LogP contribution in [0.3, 0.4) is 0 Å². The molecule has 6 nitrogen and oxygen atoms in total. The quantitative estimate of drug-likeness (QED) is 0.161. The van der Waals surface area contributed by atoms with Gasteiger partial charge in [-0.2, -0.15) is 18.3 Å². The Morgan fingerprint density at radius 3 is 2.43 bits per heavy atom. The average molecular weight is 610 g/mol. The molecule has 232 valence electrons. The molecule has 1 aliphatic carbocycles. The van der Waals surface area contributed by atoms with Gasteiger partial charge in [-0.1, -0.05) is 25.3 Å². The van der Waals surface area contributed by atoms with E-state index in [4.69, 9.17) is 4.74 Å². The molecule has 0 spiro atoms. The van der Waals surface area contributed by atoms with Gasteiger partial charge in [0, 0.05) is 41.2 Å². The number of amides is 1. The maximum absolute atomic E-state index is 13.4. The molecule has 2 atom stereocenters. The highest BCUT2D eigenvalue weighted by Gasteiger charge is 2.28. The van der Waals surface area contributed by atoms with Crippen LogP contribution in [0.5, 0.6) is 11.5 Å². The van der Waals surface area contributed by atoms with E-state index in [0.717, 1.165) is 50.3 Å². The average Bonchev–Trinajstić information content (AvgIpc) is 3.44. The van der Waals surface area contributed by atoms with Crippen LogP contribution in [0.4, 0.5) is 17.6 Å². The van der Waals surface area contributed by atoms with E-state index in [0.29, 0.717) is 40.6 Å². The molecule has 3 aromatic carbocycles. The number of aryl methyl sites for hydroxylation is 1. The molecule has 1 fully saturated rings. The van der Waals surface area contributed by atoms with Crippen LogP contribution in [0.15, 0.2) is 66.9 Å². The Morgan fingerprint density at radius 2 is 1.68 bits per heavy atom. The fourth-order valence-electron chi connectivity index (χ4n) is 5.96. The van der Waals surface area contributed by atoms with Crippen LogP contribution in [0.1, 0.15) is 71.2 Å². The van der Waals surface area contributed by atoms with Crippen LogP contribution in [-0.2, 0) is 6.54 Å². The Bertz CT molecular complexity index is 1610. The summed E-state index contributed by atoms with van der Waals surface area (Å²) in [7, 11) is 0. The Labute approximate surface area is 253 Å². The summed E-state index contributed by atoms with van der Waals surface area (Å²) in [6.45, 7) is 1.03. The van der Waals surface area contributed by atoms with E-state index in [9.17, 15) is 27.2 Å². The molecule has 1 heterocycles. The number of Topliss-reactive ketones (excluding diaryl/α,β-unsaturated/α-hetero) is 1. The van der Waals surface area contributed by atoms with Gasteiger partial charge in [-0.05, 0) is 92.6 Å². The first-order chi connectivity index (χ1) is 21.1. The van der Waals surface area contributed by atoms with Gasteiger partial charge in [0.05, 0.1) is 5.52 Å². The second kappa shape index (κ2) is 13.6. The van der Waals surface area contributed by atoms with Gasteiger partial charge in [-0.3, -0.25) is 14.3 Å². The molecule has 0 bridgehead atoms. The summed E-state index contributed by atoms with van der Waals surface area (Å²) < 4.78 is 58.7. The lowest BCUT2D eigenvalue weighted by molar-refractivity contribution is -0.123. The standard InChI is InChI=1S/C34H35F4N3O3/c1-22-29(33(43)39-21-34(36,37)38)16-17-31-30(22)20-41(40-31)19-23-6-2-3-8-24(9-4-7-23)32(42)25-12-14-27(15-13-25)44-28-11-5-10-26(35)18-28/h5,10-18,20,23-24H,2-4,6-9,19,21H2,1H3,(H,39,43). The lowest BCUT2D eigenvalue weighted by Gasteiger charge is -2.16. The van der Waals surface area contributed by atoms with Crippen LogP contribution in [0, 0.1) is 24.6 Å². The van der Waals surface area contributed by atoms with Gasteiger partial charge in [0.1, 0.15) is 23.9 Å². The summed E-state index contributed by atoms with van der Waals surface area (Å²) in [6, 6.07) is 16.1. The van der Waals surface area contributed by atoms with Crippen molar-refractivity contribution in [3.05, 3.63) is 89.4 Å². The number of nitrogens with zero attached hydrogens (tertiary/aromatic N) is 2. The number of hydrogen-bond donors (Lipinski definition) is 1. The maximum Gasteiger partial charge on any atom is 0.405 e. The van der Waals surface area contributed by atoms with Crippen molar-refractivity contribution in [1.29, 1.82) is 0 Å². The second-order valence-electron chi connectivity index (χ2n) is 11.5. The predicted octanol–water partition coefficient (Wildman–Crippen LogP) is 8.43. The number of nitrogens with one attached hydrogen (secondary N) is 1. The van der Waals surface area contributed by atoms with E-state index in [1.54, 1.807) is 49.4 Å². The summed E-state index contributed by atoms with van der Waals surface area (Å²) in [4.78, 5) is 25.7. The number of carbonyl (C=O) groups is 2. The zero-order valence-corrected chi connectivity index (χ0v) is 24.5. The van der Waals surface area contributed by atoms with E-state index in [-0.39, 0.29) is 23.1 Å². The molecule has 0 aliphatic heterocycles.